The zero-order valence-corrected chi connectivity index (χ0v) is 6.97. The molecule has 2 heterocycles. The number of anilines is 1. The highest BCUT2D eigenvalue weighted by Gasteiger charge is 2.07. The van der Waals surface area contributed by atoms with Crippen LogP contribution in [-0.2, 0) is 0 Å². The van der Waals surface area contributed by atoms with E-state index in [1.54, 1.807) is 11.3 Å². The SMILES string of the molecule is Nc1cc2c(s1)C=CCS2. The number of thiophene rings is 1. The monoisotopic (exact) mass is 169 g/mol. The van der Waals surface area contributed by atoms with Gasteiger partial charge in [0.2, 0.25) is 0 Å². The van der Waals surface area contributed by atoms with Crippen LogP contribution in [0.1, 0.15) is 4.88 Å². The van der Waals surface area contributed by atoms with Crippen molar-refractivity contribution in [3.8, 4) is 0 Å². The summed E-state index contributed by atoms with van der Waals surface area (Å²) in [6.45, 7) is 0. The Hall–Kier alpha value is -0.410. The topological polar surface area (TPSA) is 26.0 Å². The first-order valence-electron chi connectivity index (χ1n) is 3.05. The van der Waals surface area contributed by atoms with E-state index in [2.05, 4.69) is 12.2 Å². The lowest BCUT2D eigenvalue weighted by molar-refractivity contribution is 1.52. The van der Waals surface area contributed by atoms with E-state index >= 15 is 0 Å². The molecule has 0 aromatic carbocycles. The number of thioether (sulfide) groups is 1. The standard InChI is InChI=1S/C7H7NS2/c8-7-4-6-5(10-7)2-1-3-9-6/h1-2,4H,3,8H2. The van der Waals surface area contributed by atoms with Crippen molar-refractivity contribution in [1.82, 2.24) is 0 Å². The molecule has 0 saturated heterocycles. The number of nitrogen functional groups attached to an aromatic ring is 1. The van der Waals surface area contributed by atoms with E-state index < -0.39 is 0 Å². The molecule has 0 radical (unpaired) electrons. The highest BCUT2D eigenvalue weighted by molar-refractivity contribution is 7.99. The van der Waals surface area contributed by atoms with Gasteiger partial charge >= 0.3 is 0 Å². The molecular formula is C7H7NS2. The molecule has 1 aliphatic heterocycles. The van der Waals surface area contributed by atoms with E-state index in [0.717, 1.165) is 10.8 Å². The molecule has 0 bridgehead atoms. The molecule has 0 fully saturated rings. The number of hydrogen-bond donors (Lipinski definition) is 1. The molecule has 3 heteroatoms. The molecule has 2 rings (SSSR count). The minimum Gasteiger partial charge on any atom is -0.391 e. The van der Waals surface area contributed by atoms with Gasteiger partial charge in [0.15, 0.2) is 0 Å². The van der Waals surface area contributed by atoms with Crippen LogP contribution in [-0.4, -0.2) is 5.75 Å². The highest BCUT2D eigenvalue weighted by Crippen LogP contribution is 2.36. The van der Waals surface area contributed by atoms with Crippen molar-refractivity contribution in [2.24, 2.45) is 0 Å². The molecule has 0 atom stereocenters. The van der Waals surface area contributed by atoms with Crippen LogP contribution in [0.5, 0.6) is 0 Å². The molecule has 2 N–H and O–H groups in total. The van der Waals surface area contributed by atoms with Crippen LogP contribution >= 0.6 is 23.1 Å². The lowest BCUT2D eigenvalue weighted by atomic mass is 10.4. The molecule has 1 nitrogen and oxygen atoms in total. The Morgan fingerprint density at radius 1 is 1.50 bits per heavy atom. The summed E-state index contributed by atoms with van der Waals surface area (Å²) in [6, 6.07) is 2.05. The summed E-state index contributed by atoms with van der Waals surface area (Å²) in [5.41, 5.74) is 5.63. The third kappa shape index (κ3) is 0.954. The summed E-state index contributed by atoms with van der Waals surface area (Å²) in [6.07, 6.45) is 4.32. The fraction of sp³-hybridized carbons (Fsp3) is 0.143. The smallest absolute Gasteiger partial charge is 0.0874 e. The van der Waals surface area contributed by atoms with Crippen molar-refractivity contribution in [2.75, 3.05) is 11.5 Å². The van der Waals surface area contributed by atoms with Crippen molar-refractivity contribution in [2.45, 2.75) is 4.90 Å². The third-order valence-electron chi connectivity index (χ3n) is 1.35. The van der Waals surface area contributed by atoms with Crippen LogP contribution in [0.15, 0.2) is 17.0 Å². The molecule has 0 spiro atoms. The molecule has 10 heavy (non-hydrogen) atoms. The van der Waals surface area contributed by atoms with E-state index in [1.807, 2.05) is 17.8 Å². The van der Waals surface area contributed by atoms with Crippen molar-refractivity contribution < 1.29 is 0 Å². The van der Waals surface area contributed by atoms with Crippen LogP contribution in [0.25, 0.3) is 6.08 Å². The number of rotatable bonds is 0. The normalized spacial score (nSPS) is 15.2. The minimum absolute atomic E-state index is 0.920. The molecular weight excluding hydrogens is 162 g/mol. The van der Waals surface area contributed by atoms with E-state index in [9.17, 15) is 0 Å². The first-order chi connectivity index (χ1) is 4.86. The molecule has 1 aliphatic rings. The van der Waals surface area contributed by atoms with Gasteiger partial charge < -0.3 is 5.73 Å². The average Bonchev–Trinajstić information content (AvgIpc) is 2.27. The van der Waals surface area contributed by atoms with E-state index in [0.29, 0.717) is 0 Å². The first kappa shape index (κ1) is 6.31. The van der Waals surface area contributed by atoms with Crippen molar-refractivity contribution >= 4 is 34.2 Å². The summed E-state index contributed by atoms with van der Waals surface area (Å²) >= 11 is 3.51. The maximum atomic E-state index is 5.63. The van der Waals surface area contributed by atoms with Crippen LogP contribution in [0.2, 0.25) is 0 Å². The average molecular weight is 169 g/mol. The van der Waals surface area contributed by atoms with Gasteiger partial charge in [-0.2, -0.15) is 0 Å². The molecule has 0 unspecified atom stereocenters. The van der Waals surface area contributed by atoms with Crippen LogP contribution in [0, 0.1) is 0 Å². The summed E-state index contributed by atoms with van der Waals surface area (Å²) in [4.78, 5) is 2.65. The Bertz CT molecular complexity index is 275. The second-order valence-electron chi connectivity index (χ2n) is 2.09. The summed E-state index contributed by atoms with van der Waals surface area (Å²) in [5.74, 6) is 1.09. The van der Waals surface area contributed by atoms with Crippen molar-refractivity contribution in [3.05, 3.63) is 17.0 Å². The third-order valence-corrected chi connectivity index (χ3v) is 3.41. The van der Waals surface area contributed by atoms with Gasteiger partial charge in [-0.15, -0.1) is 23.1 Å². The molecule has 1 aromatic rings. The molecule has 0 saturated carbocycles. The van der Waals surface area contributed by atoms with Crippen molar-refractivity contribution in [3.63, 3.8) is 0 Å². The van der Waals surface area contributed by atoms with Crippen LogP contribution in [0.3, 0.4) is 0 Å². The Morgan fingerprint density at radius 2 is 2.40 bits per heavy atom. The summed E-state index contributed by atoms with van der Waals surface area (Å²) in [5, 5.41) is 0.920. The van der Waals surface area contributed by atoms with Gasteiger partial charge in [0, 0.05) is 15.5 Å². The number of hydrogen-bond acceptors (Lipinski definition) is 3. The summed E-state index contributed by atoms with van der Waals surface area (Å²) < 4.78 is 0. The summed E-state index contributed by atoms with van der Waals surface area (Å²) in [7, 11) is 0. The lowest BCUT2D eigenvalue weighted by Gasteiger charge is -2.00. The number of nitrogens with two attached hydrogens (primary N) is 1. The van der Waals surface area contributed by atoms with Crippen LogP contribution in [0.4, 0.5) is 5.00 Å². The maximum Gasteiger partial charge on any atom is 0.0874 e. The van der Waals surface area contributed by atoms with Crippen molar-refractivity contribution in [1.29, 1.82) is 0 Å². The Morgan fingerprint density at radius 3 is 3.20 bits per heavy atom. The van der Waals surface area contributed by atoms with Gasteiger partial charge in [0.1, 0.15) is 0 Å². The second kappa shape index (κ2) is 2.32. The fourth-order valence-electron chi connectivity index (χ4n) is 0.929. The Labute approximate surface area is 67.9 Å². The Kier molecular flexibility index (Phi) is 1.47. The van der Waals surface area contributed by atoms with E-state index in [-0.39, 0.29) is 0 Å². The van der Waals surface area contributed by atoms with E-state index in [1.165, 1.54) is 9.77 Å². The van der Waals surface area contributed by atoms with Gasteiger partial charge in [-0.25, -0.2) is 0 Å². The highest BCUT2D eigenvalue weighted by atomic mass is 32.2. The molecule has 0 aliphatic carbocycles. The first-order valence-corrected chi connectivity index (χ1v) is 4.85. The maximum absolute atomic E-state index is 5.63. The number of fused-ring (bicyclic) bond motifs is 1. The van der Waals surface area contributed by atoms with E-state index in [4.69, 9.17) is 5.73 Å². The largest absolute Gasteiger partial charge is 0.391 e. The van der Waals surface area contributed by atoms with Gasteiger partial charge in [-0.3, -0.25) is 0 Å². The quantitative estimate of drug-likeness (QED) is 0.645. The minimum atomic E-state index is 0.920. The molecule has 1 aromatic heterocycles. The molecule has 52 valence electrons. The van der Waals surface area contributed by atoms with Gasteiger partial charge in [-0.1, -0.05) is 6.08 Å². The predicted octanol–water partition coefficient (Wildman–Crippen LogP) is 2.45. The predicted molar refractivity (Wildman–Crippen MR) is 48.5 cm³/mol. The fourth-order valence-corrected chi connectivity index (χ4v) is 2.85. The lowest BCUT2D eigenvalue weighted by Crippen LogP contribution is -1.79. The van der Waals surface area contributed by atoms with Gasteiger partial charge in [0.05, 0.1) is 5.00 Å². The zero-order chi connectivity index (χ0) is 6.97. The van der Waals surface area contributed by atoms with Crippen LogP contribution < -0.4 is 5.73 Å². The van der Waals surface area contributed by atoms with Gasteiger partial charge in [-0.05, 0) is 12.1 Å². The zero-order valence-electron chi connectivity index (χ0n) is 5.33. The second-order valence-corrected chi connectivity index (χ2v) is 4.27. The molecule has 0 amide bonds. The Balaban J connectivity index is 2.53. The van der Waals surface area contributed by atoms with Gasteiger partial charge in [0.25, 0.3) is 0 Å².